The van der Waals surface area contributed by atoms with Crippen LogP contribution >= 0.6 is 0 Å². The number of carbonyl (C=O) groups is 1. The zero-order valence-corrected chi connectivity index (χ0v) is 9.94. The molecule has 1 atom stereocenters. The van der Waals surface area contributed by atoms with Gasteiger partial charge < -0.3 is 9.52 Å². The molecule has 0 saturated carbocycles. The highest BCUT2D eigenvalue weighted by atomic mass is 16.4. The van der Waals surface area contributed by atoms with E-state index in [2.05, 4.69) is 15.5 Å². The van der Waals surface area contributed by atoms with Crippen molar-refractivity contribution in [3.63, 3.8) is 0 Å². The fraction of sp³-hybridized carbons (Fsp3) is 0.700. The van der Waals surface area contributed by atoms with Crippen molar-refractivity contribution in [2.75, 3.05) is 0 Å². The monoisotopic (exact) mass is 227 g/mol. The quantitative estimate of drug-likeness (QED) is 0.795. The summed E-state index contributed by atoms with van der Waals surface area (Å²) in [7, 11) is 0. The molecule has 1 rings (SSSR count). The molecule has 0 radical (unpaired) electrons. The number of hydrogen-bond acceptors (Lipinski definition) is 5. The highest BCUT2D eigenvalue weighted by Crippen LogP contribution is 2.20. The van der Waals surface area contributed by atoms with E-state index < -0.39 is 12.0 Å². The Morgan fingerprint density at radius 1 is 1.50 bits per heavy atom. The molecule has 90 valence electrons. The second kappa shape index (κ2) is 4.61. The topological polar surface area (TPSA) is 88.3 Å². The van der Waals surface area contributed by atoms with Crippen molar-refractivity contribution in [2.24, 2.45) is 0 Å². The van der Waals surface area contributed by atoms with Gasteiger partial charge in [-0.1, -0.05) is 20.8 Å². The molecule has 6 nitrogen and oxygen atoms in total. The molecule has 0 unspecified atom stereocenters. The summed E-state index contributed by atoms with van der Waals surface area (Å²) in [5.74, 6) is 0.0425. The number of aliphatic carboxylic acids is 1. The summed E-state index contributed by atoms with van der Waals surface area (Å²) in [6, 6.07) is -0.634. The molecule has 16 heavy (non-hydrogen) atoms. The van der Waals surface area contributed by atoms with Gasteiger partial charge in [0, 0.05) is 5.41 Å². The third kappa shape index (κ3) is 3.30. The van der Waals surface area contributed by atoms with Gasteiger partial charge in [0.1, 0.15) is 6.04 Å². The second-order valence-corrected chi connectivity index (χ2v) is 4.69. The molecule has 6 heteroatoms. The Hall–Kier alpha value is -1.43. The van der Waals surface area contributed by atoms with Crippen LogP contribution in [0.25, 0.3) is 0 Å². The van der Waals surface area contributed by atoms with Crippen LogP contribution in [0.4, 0.5) is 0 Å². The molecule has 1 aromatic heterocycles. The van der Waals surface area contributed by atoms with E-state index in [1.165, 1.54) is 0 Å². The van der Waals surface area contributed by atoms with Gasteiger partial charge in [-0.2, -0.15) is 0 Å². The van der Waals surface area contributed by atoms with Gasteiger partial charge in [0.2, 0.25) is 11.8 Å². The van der Waals surface area contributed by atoms with Crippen molar-refractivity contribution in [3.05, 3.63) is 11.8 Å². The molecule has 0 aromatic carbocycles. The summed E-state index contributed by atoms with van der Waals surface area (Å²) in [5, 5.41) is 19.2. The van der Waals surface area contributed by atoms with Crippen LogP contribution in [0.2, 0.25) is 0 Å². The number of rotatable bonds is 4. The maximum Gasteiger partial charge on any atom is 0.320 e. The Morgan fingerprint density at radius 2 is 2.12 bits per heavy atom. The molecular formula is C10H17N3O3. The summed E-state index contributed by atoms with van der Waals surface area (Å²) in [5.41, 5.74) is -0.191. The SMILES string of the molecule is C[C@@H](NCc1nnc(C(C)(C)C)o1)C(=O)O. The minimum atomic E-state index is -0.907. The minimum absolute atomic E-state index is 0.191. The zero-order chi connectivity index (χ0) is 12.3. The third-order valence-electron chi connectivity index (χ3n) is 2.04. The first-order chi connectivity index (χ1) is 7.30. The van der Waals surface area contributed by atoms with E-state index in [1.807, 2.05) is 20.8 Å². The molecule has 0 fully saturated rings. The van der Waals surface area contributed by atoms with Gasteiger partial charge in [0.25, 0.3) is 0 Å². The van der Waals surface area contributed by atoms with Crippen LogP contribution in [0.5, 0.6) is 0 Å². The van der Waals surface area contributed by atoms with Crippen LogP contribution < -0.4 is 5.32 Å². The van der Waals surface area contributed by atoms with Gasteiger partial charge in [0.05, 0.1) is 6.54 Å². The smallest absolute Gasteiger partial charge is 0.320 e. The Kier molecular flexibility index (Phi) is 3.64. The highest BCUT2D eigenvalue weighted by molar-refractivity contribution is 5.72. The number of aromatic nitrogens is 2. The fourth-order valence-corrected chi connectivity index (χ4v) is 0.956. The molecule has 1 aromatic rings. The molecule has 2 N–H and O–H groups in total. The number of carboxylic acid groups (broad SMARTS) is 1. The van der Waals surface area contributed by atoms with Crippen LogP contribution in [0.1, 0.15) is 39.5 Å². The summed E-state index contributed by atoms with van der Waals surface area (Å²) < 4.78 is 5.40. The Labute approximate surface area is 94.1 Å². The molecule has 0 amide bonds. The van der Waals surface area contributed by atoms with E-state index in [0.29, 0.717) is 11.8 Å². The lowest BCUT2D eigenvalue weighted by atomic mass is 9.97. The first kappa shape index (κ1) is 12.6. The summed E-state index contributed by atoms with van der Waals surface area (Å²) >= 11 is 0. The zero-order valence-electron chi connectivity index (χ0n) is 9.94. The first-order valence-corrected chi connectivity index (χ1v) is 5.10. The standard InChI is InChI=1S/C10H17N3O3/c1-6(8(14)15)11-5-7-12-13-9(16-7)10(2,3)4/h6,11H,5H2,1-4H3,(H,14,15)/t6-/m1/s1. The normalized spacial score (nSPS) is 13.8. The van der Waals surface area contributed by atoms with Gasteiger partial charge >= 0.3 is 5.97 Å². The van der Waals surface area contributed by atoms with Crippen LogP contribution in [-0.2, 0) is 16.8 Å². The highest BCUT2D eigenvalue weighted by Gasteiger charge is 2.21. The molecule has 0 aliphatic carbocycles. The Morgan fingerprint density at radius 3 is 2.56 bits per heavy atom. The van der Waals surface area contributed by atoms with Gasteiger partial charge in [-0.3, -0.25) is 10.1 Å². The lowest BCUT2D eigenvalue weighted by Gasteiger charge is -2.11. The van der Waals surface area contributed by atoms with Gasteiger partial charge in [-0.15, -0.1) is 10.2 Å². The number of nitrogens with one attached hydrogen (secondary N) is 1. The maximum absolute atomic E-state index is 10.6. The predicted molar refractivity (Wildman–Crippen MR) is 56.9 cm³/mol. The van der Waals surface area contributed by atoms with Crippen LogP contribution in [0.3, 0.4) is 0 Å². The molecule has 0 spiro atoms. The molecular weight excluding hydrogens is 210 g/mol. The number of nitrogens with zero attached hydrogens (tertiary/aromatic N) is 2. The summed E-state index contributed by atoms with van der Waals surface area (Å²) in [4.78, 5) is 10.6. The van der Waals surface area contributed by atoms with Gasteiger partial charge in [-0.25, -0.2) is 0 Å². The fourth-order valence-electron chi connectivity index (χ4n) is 0.956. The largest absolute Gasteiger partial charge is 0.480 e. The lowest BCUT2D eigenvalue weighted by molar-refractivity contribution is -0.139. The van der Waals surface area contributed by atoms with E-state index in [-0.39, 0.29) is 12.0 Å². The summed E-state index contributed by atoms with van der Waals surface area (Å²) in [6.45, 7) is 7.73. The van der Waals surface area contributed by atoms with Crippen molar-refractivity contribution in [2.45, 2.75) is 45.7 Å². The van der Waals surface area contributed by atoms with Crippen LogP contribution in [0.15, 0.2) is 4.42 Å². The van der Waals surface area contributed by atoms with E-state index in [1.54, 1.807) is 6.92 Å². The summed E-state index contributed by atoms with van der Waals surface area (Å²) in [6.07, 6.45) is 0. The van der Waals surface area contributed by atoms with Crippen molar-refractivity contribution in [1.82, 2.24) is 15.5 Å². The number of hydrogen-bond donors (Lipinski definition) is 2. The molecule has 0 saturated heterocycles. The lowest BCUT2D eigenvalue weighted by Crippen LogP contribution is -2.33. The Balaban J connectivity index is 2.57. The second-order valence-electron chi connectivity index (χ2n) is 4.69. The van der Waals surface area contributed by atoms with Crippen molar-refractivity contribution < 1.29 is 14.3 Å². The minimum Gasteiger partial charge on any atom is -0.480 e. The van der Waals surface area contributed by atoms with Crippen LogP contribution in [0, 0.1) is 0 Å². The van der Waals surface area contributed by atoms with Crippen molar-refractivity contribution >= 4 is 5.97 Å². The van der Waals surface area contributed by atoms with Gasteiger partial charge in [0.15, 0.2) is 0 Å². The molecule has 0 aliphatic rings. The molecule has 0 aliphatic heterocycles. The average molecular weight is 227 g/mol. The third-order valence-corrected chi connectivity index (χ3v) is 2.04. The average Bonchev–Trinajstić information content (AvgIpc) is 2.61. The van der Waals surface area contributed by atoms with E-state index in [9.17, 15) is 4.79 Å². The molecule has 0 bridgehead atoms. The van der Waals surface area contributed by atoms with E-state index in [4.69, 9.17) is 9.52 Å². The van der Waals surface area contributed by atoms with Crippen LogP contribution in [-0.4, -0.2) is 27.3 Å². The van der Waals surface area contributed by atoms with Crippen molar-refractivity contribution in [3.8, 4) is 0 Å². The Bertz CT molecular complexity index is 368. The van der Waals surface area contributed by atoms with E-state index >= 15 is 0 Å². The van der Waals surface area contributed by atoms with Gasteiger partial charge in [-0.05, 0) is 6.92 Å². The van der Waals surface area contributed by atoms with E-state index in [0.717, 1.165) is 0 Å². The number of carboxylic acids is 1. The molecule has 1 heterocycles. The first-order valence-electron chi connectivity index (χ1n) is 5.10. The van der Waals surface area contributed by atoms with Crippen molar-refractivity contribution in [1.29, 1.82) is 0 Å². The predicted octanol–water partition coefficient (Wildman–Crippen LogP) is 0.930. The maximum atomic E-state index is 10.6.